The number of hydrogen-bond acceptors (Lipinski definition) is 2. The Kier molecular flexibility index (Phi) is 3.55. The van der Waals surface area contributed by atoms with Crippen molar-refractivity contribution in [2.45, 2.75) is 45.2 Å². The average Bonchev–Trinajstić information content (AvgIpc) is 2.69. The van der Waals surface area contributed by atoms with Crippen LogP contribution in [0.3, 0.4) is 0 Å². The molecule has 1 saturated heterocycles. The summed E-state index contributed by atoms with van der Waals surface area (Å²) in [6, 6.07) is 3.93. The molecule has 18 heavy (non-hydrogen) atoms. The van der Waals surface area contributed by atoms with Gasteiger partial charge in [0.05, 0.1) is 5.56 Å². The van der Waals surface area contributed by atoms with Gasteiger partial charge in [0.25, 0.3) is 5.91 Å². The number of carbonyl (C=O) groups excluding carboxylic acids is 1. The van der Waals surface area contributed by atoms with Crippen LogP contribution in [-0.4, -0.2) is 28.0 Å². The Morgan fingerprint density at radius 1 is 1.50 bits per heavy atom. The minimum Gasteiger partial charge on any atom is -0.507 e. The van der Waals surface area contributed by atoms with E-state index in [1.807, 2.05) is 18.7 Å². The summed E-state index contributed by atoms with van der Waals surface area (Å²) in [7, 11) is 0. The monoisotopic (exact) mass is 251 g/mol. The second-order valence-electron chi connectivity index (χ2n) is 4.86. The van der Waals surface area contributed by atoms with Gasteiger partial charge < -0.3 is 10.0 Å². The van der Waals surface area contributed by atoms with Crippen LogP contribution >= 0.6 is 0 Å². The first-order chi connectivity index (χ1) is 8.54. The molecular formula is C14H18FNO2. The van der Waals surface area contributed by atoms with Gasteiger partial charge in [0.2, 0.25) is 0 Å². The van der Waals surface area contributed by atoms with Crippen molar-refractivity contribution in [1.82, 2.24) is 4.90 Å². The number of amides is 1. The zero-order chi connectivity index (χ0) is 13.3. The molecule has 3 nitrogen and oxygen atoms in total. The molecule has 1 N–H and O–H groups in total. The van der Waals surface area contributed by atoms with Crippen LogP contribution in [0.15, 0.2) is 18.2 Å². The molecule has 1 fully saturated rings. The maximum Gasteiger partial charge on any atom is 0.258 e. The van der Waals surface area contributed by atoms with Crippen LogP contribution in [0.1, 0.15) is 43.5 Å². The van der Waals surface area contributed by atoms with Crippen LogP contribution in [-0.2, 0) is 0 Å². The molecule has 1 aromatic carbocycles. The van der Waals surface area contributed by atoms with Crippen molar-refractivity contribution < 1.29 is 14.3 Å². The molecule has 2 rings (SSSR count). The number of rotatable bonds is 2. The molecule has 98 valence electrons. The first kappa shape index (κ1) is 12.9. The first-order valence-electron chi connectivity index (χ1n) is 6.35. The molecule has 1 aromatic rings. The number of phenols is 1. The van der Waals surface area contributed by atoms with Crippen LogP contribution in [0, 0.1) is 5.82 Å². The molecule has 0 aliphatic carbocycles. The van der Waals surface area contributed by atoms with Gasteiger partial charge in [0.15, 0.2) is 0 Å². The second-order valence-corrected chi connectivity index (χ2v) is 4.86. The Morgan fingerprint density at radius 3 is 2.83 bits per heavy atom. The average molecular weight is 251 g/mol. The van der Waals surface area contributed by atoms with E-state index in [1.54, 1.807) is 0 Å². The number of aromatic hydroxyl groups is 1. The summed E-state index contributed by atoms with van der Waals surface area (Å²) in [4.78, 5) is 14.2. The van der Waals surface area contributed by atoms with E-state index in [2.05, 4.69) is 0 Å². The topological polar surface area (TPSA) is 40.5 Å². The SMILES string of the molecule is CCC1CCC(C)N1C(=O)c1ccc(F)cc1O. The van der Waals surface area contributed by atoms with Crippen molar-refractivity contribution in [3.8, 4) is 5.75 Å². The zero-order valence-corrected chi connectivity index (χ0v) is 10.7. The fourth-order valence-corrected chi connectivity index (χ4v) is 2.66. The van der Waals surface area contributed by atoms with Gasteiger partial charge >= 0.3 is 0 Å². The molecule has 2 atom stereocenters. The quantitative estimate of drug-likeness (QED) is 0.878. The number of halogens is 1. The van der Waals surface area contributed by atoms with E-state index in [4.69, 9.17) is 0 Å². The maximum atomic E-state index is 12.9. The highest BCUT2D eigenvalue weighted by atomic mass is 19.1. The van der Waals surface area contributed by atoms with E-state index in [9.17, 15) is 14.3 Å². The molecule has 0 spiro atoms. The van der Waals surface area contributed by atoms with E-state index in [0.29, 0.717) is 0 Å². The fourth-order valence-electron chi connectivity index (χ4n) is 2.66. The summed E-state index contributed by atoms with van der Waals surface area (Å²) in [5.41, 5.74) is 0.184. The number of hydrogen-bond donors (Lipinski definition) is 1. The number of phenolic OH excluding ortho intramolecular Hbond substituents is 1. The molecule has 1 amide bonds. The van der Waals surface area contributed by atoms with Crippen molar-refractivity contribution in [1.29, 1.82) is 0 Å². The normalized spacial score (nSPS) is 23.4. The third-order valence-electron chi connectivity index (χ3n) is 3.68. The molecule has 0 bridgehead atoms. The number of benzene rings is 1. The summed E-state index contributed by atoms with van der Waals surface area (Å²) in [5.74, 6) is -1.02. The van der Waals surface area contributed by atoms with Crippen LogP contribution < -0.4 is 0 Å². The number of carbonyl (C=O) groups is 1. The predicted molar refractivity (Wildman–Crippen MR) is 67.0 cm³/mol. The molecule has 0 saturated carbocycles. The lowest BCUT2D eigenvalue weighted by Gasteiger charge is -2.28. The second kappa shape index (κ2) is 4.96. The molecule has 0 radical (unpaired) electrons. The first-order valence-corrected chi connectivity index (χ1v) is 6.35. The predicted octanol–water partition coefficient (Wildman–Crippen LogP) is 2.93. The minimum absolute atomic E-state index is 0.173. The highest BCUT2D eigenvalue weighted by Crippen LogP contribution is 2.30. The lowest BCUT2D eigenvalue weighted by Crippen LogP contribution is -2.39. The van der Waals surface area contributed by atoms with E-state index in [-0.39, 0.29) is 29.3 Å². The minimum atomic E-state index is -0.537. The van der Waals surface area contributed by atoms with Crippen LogP contribution in [0.25, 0.3) is 0 Å². The van der Waals surface area contributed by atoms with Crippen molar-refractivity contribution in [2.24, 2.45) is 0 Å². The van der Waals surface area contributed by atoms with Gasteiger partial charge in [0.1, 0.15) is 11.6 Å². The van der Waals surface area contributed by atoms with Gasteiger partial charge in [-0.25, -0.2) is 4.39 Å². The Bertz CT molecular complexity index is 461. The lowest BCUT2D eigenvalue weighted by molar-refractivity contribution is 0.0673. The highest BCUT2D eigenvalue weighted by Gasteiger charge is 2.34. The van der Waals surface area contributed by atoms with Gasteiger partial charge in [0, 0.05) is 18.2 Å². The molecule has 1 heterocycles. The van der Waals surface area contributed by atoms with E-state index in [0.717, 1.165) is 25.3 Å². The molecule has 1 aliphatic rings. The maximum absolute atomic E-state index is 12.9. The van der Waals surface area contributed by atoms with E-state index in [1.165, 1.54) is 12.1 Å². The van der Waals surface area contributed by atoms with Crippen molar-refractivity contribution in [2.75, 3.05) is 0 Å². The molecular weight excluding hydrogens is 233 g/mol. The van der Waals surface area contributed by atoms with Crippen LogP contribution in [0.4, 0.5) is 4.39 Å². The summed E-state index contributed by atoms with van der Waals surface area (Å²) < 4.78 is 12.9. The third-order valence-corrected chi connectivity index (χ3v) is 3.68. The smallest absolute Gasteiger partial charge is 0.258 e. The number of nitrogens with zero attached hydrogens (tertiary/aromatic N) is 1. The number of likely N-dealkylation sites (tertiary alicyclic amines) is 1. The van der Waals surface area contributed by atoms with Gasteiger partial charge in [-0.2, -0.15) is 0 Å². The van der Waals surface area contributed by atoms with Gasteiger partial charge in [-0.05, 0) is 38.3 Å². The standard InChI is InChI=1S/C14H18FNO2/c1-3-11-6-4-9(2)16(11)14(18)12-7-5-10(15)8-13(12)17/h5,7-9,11,17H,3-4,6H2,1-2H3. The van der Waals surface area contributed by atoms with E-state index >= 15 is 0 Å². The van der Waals surface area contributed by atoms with Crippen molar-refractivity contribution in [3.05, 3.63) is 29.6 Å². The van der Waals surface area contributed by atoms with Crippen molar-refractivity contribution >= 4 is 5.91 Å². The lowest BCUT2D eigenvalue weighted by atomic mass is 10.1. The Balaban J connectivity index is 2.30. The summed E-state index contributed by atoms with van der Waals surface area (Å²) >= 11 is 0. The van der Waals surface area contributed by atoms with Gasteiger partial charge in [-0.15, -0.1) is 0 Å². The third kappa shape index (κ3) is 2.19. The van der Waals surface area contributed by atoms with Crippen LogP contribution in [0.2, 0.25) is 0 Å². The Labute approximate surface area is 106 Å². The molecule has 4 heteroatoms. The summed E-state index contributed by atoms with van der Waals surface area (Å²) in [5, 5.41) is 9.68. The Hall–Kier alpha value is -1.58. The summed E-state index contributed by atoms with van der Waals surface area (Å²) in [6.07, 6.45) is 2.87. The zero-order valence-electron chi connectivity index (χ0n) is 10.7. The fraction of sp³-hybridized carbons (Fsp3) is 0.500. The van der Waals surface area contributed by atoms with Crippen molar-refractivity contribution in [3.63, 3.8) is 0 Å². The Morgan fingerprint density at radius 2 is 2.22 bits per heavy atom. The van der Waals surface area contributed by atoms with Gasteiger partial charge in [-0.1, -0.05) is 6.92 Å². The van der Waals surface area contributed by atoms with Crippen LogP contribution in [0.5, 0.6) is 5.75 Å². The highest BCUT2D eigenvalue weighted by molar-refractivity contribution is 5.97. The summed E-state index contributed by atoms with van der Waals surface area (Å²) in [6.45, 7) is 4.06. The largest absolute Gasteiger partial charge is 0.507 e. The molecule has 0 aromatic heterocycles. The molecule has 2 unspecified atom stereocenters. The van der Waals surface area contributed by atoms with Gasteiger partial charge in [-0.3, -0.25) is 4.79 Å². The van der Waals surface area contributed by atoms with E-state index < -0.39 is 5.82 Å². The molecule has 1 aliphatic heterocycles.